The van der Waals surface area contributed by atoms with Gasteiger partial charge in [0.15, 0.2) is 0 Å². The highest BCUT2D eigenvalue weighted by molar-refractivity contribution is 8.77. The molecule has 12 N–H and O–H groups in total. The van der Waals surface area contributed by atoms with Crippen LogP contribution in [-0.4, -0.2) is 195 Å². The number of halogens is 4. The van der Waals surface area contributed by atoms with Gasteiger partial charge in [-0.3, -0.25) is 38.8 Å². The van der Waals surface area contributed by atoms with E-state index in [0.29, 0.717) is 45.8 Å². The van der Waals surface area contributed by atoms with Gasteiger partial charge in [0.05, 0.1) is 48.1 Å². The summed E-state index contributed by atoms with van der Waals surface area (Å²) in [6.45, 7) is 0. The lowest BCUT2D eigenvalue weighted by Crippen LogP contribution is -2.37. The monoisotopic (exact) mass is 1040 g/mol. The predicted molar refractivity (Wildman–Crippen MR) is 249 cm³/mol. The van der Waals surface area contributed by atoms with Gasteiger partial charge in [-0.25, -0.2) is 19.9 Å². The van der Waals surface area contributed by atoms with Gasteiger partial charge in [-0.05, 0) is 99.6 Å². The minimum absolute atomic E-state index is 0. The number of aliphatic carboxylic acids is 4. The molecule has 0 aromatic carbocycles. The highest BCUT2D eigenvalue weighted by Crippen LogP contribution is 2.40. The van der Waals surface area contributed by atoms with Gasteiger partial charge in [-0.15, -0.1) is 49.6 Å². The zero-order valence-electron chi connectivity index (χ0n) is 34.7. The highest BCUT2D eigenvalue weighted by atomic mass is 35.5. The number of nitrogens with zero attached hydrogens (tertiary/aromatic N) is 8. The molecule has 0 fully saturated rings. The maximum atomic E-state index is 11.4. The molecular formula is C32H56Cl4N12O10S4. The Balaban J connectivity index is -0.000000495. The van der Waals surface area contributed by atoms with Gasteiger partial charge < -0.3 is 51.3 Å². The van der Waals surface area contributed by atoms with Crippen LogP contribution in [0.1, 0.15) is 22.8 Å². The fourth-order valence-electron chi connectivity index (χ4n) is 5.00. The fraction of sp³-hybridized carbons (Fsp3) is 0.500. The second-order valence-corrected chi connectivity index (χ2v) is 17.4. The molecule has 4 heterocycles. The molecule has 4 aromatic rings. The van der Waals surface area contributed by atoms with Crippen molar-refractivity contribution in [2.24, 2.45) is 0 Å². The van der Waals surface area contributed by atoms with Gasteiger partial charge in [0.25, 0.3) is 0 Å². The summed E-state index contributed by atoms with van der Waals surface area (Å²) in [5.74, 6) is -3.61. The number of carboxylic acid groups (broad SMARTS) is 4. The highest BCUT2D eigenvalue weighted by Gasteiger charge is 2.27. The molecule has 0 aliphatic carbocycles. The average Bonchev–Trinajstić information content (AvgIpc) is 3.93. The zero-order valence-corrected chi connectivity index (χ0v) is 41.2. The number of nitrogens with one attached hydrogen (secondary N) is 4. The molecule has 356 valence electrons. The zero-order chi connectivity index (χ0) is 41.7. The molecule has 0 saturated carbocycles. The molecule has 0 amide bonds. The van der Waals surface area contributed by atoms with Crippen LogP contribution in [0.4, 0.5) is 0 Å². The number of carboxylic acids is 4. The molecule has 0 aliphatic heterocycles. The average molecular weight is 1040 g/mol. The summed E-state index contributed by atoms with van der Waals surface area (Å²) in [5.41, 5.74) is 2.92. The molecule has 4 rings (SSSR count). The topological polar surface area (TPSA) is 340 Å². The molecule has 0 saturated heterocycles. The summed E-state index contributed by atoms with van der Waals surface area (Å²) in [6.07, 6.45) is 7.30. The Morgan fingerprint density at radius 2 is 0.597 bits per heavy atom. The van der Waals surface area contributed by atoms with Gasteiger partial charge in [0, 0.05) is 25.7 Å². The van der Waals surface area contributed by atoms with E-state index >= 15 is 0 Å². The number of aromatic amines is 4. The summed E-state index contributed by atoms with van der Waals surface area (Å²) >= 11 is 0. The maximum Gasteiger partial charge on any atom is 0.321 e. The molecule has 0 spiro atoms. The van der Waals surface area contributed by atoms with E-state index in [-0.39, 0.29) is 60.6 Å². The van der Waals surface area contributed by atoms with Crippen molar-refractivity contribution in [2.75, 3.05) is 56.4 Å². The van der Waals surface area contributed by atoms with Crippen LogP contribution in [0.15, 0.2) is 45.4 Å². The molecule has 0 aliphatic rings. The SMILES string of the molecule is CN(C)[C@@H](Cc1[nH]cnc1SSc1nc[nH]c1C[C@@H](C(=O)O)N(C)C)C(=O)O.CN(C)[C@@H](Cc1[nH]cnc1SSc1nc[nH]c1C[C@@H](C(=O)O)N(C)C)C(=O)O.Cl.Cl.Cl.Cl.O.O. The number of imidazole rings is 4. The maximum absolute atomic E-state index is 11.4. The van der Waals surface area contributed by atoms with Crippen molar-refractivity contribution in [2.45, 2.75) is 70.0 Å². The van der Waals surface area contributed by atoms with Crippen LogP contribution in [0.25, 0.3) is 0 Å². The number of likely N-dealkylation sites (N-methyl/N-ethyl adjacent to an activating group) is 4. The molecule has 4 atom stereocenters. The van der Waals surface area contributed by atoms with E-state index in [1.54, 1.807) is 76.0 Å². The Bertz CT molecular complexity index is 1640. The van der Waals surface area contributed by atoms with E-state index in [0.717, 1.165) is 22.8 Å². The van der Waals surface area contributed by atoms with E-state index in [1.165, 1.54) is 68.5 Å². The number of hydrogen-bond donors (Lipinski definition) is 8. The lowest BCUT2D eigenvalue weighted by Gasteiger charge is -2.19. The van der Waals surface area contributed by atoms with Crippen LogP contribution in [0, 0.1) is 0 Å². The number of rotatable bonds is 22. The molecule has 0 radical (unpaired) electrons. The van der Waals surface area contributed by atoms with Crippen molar-refractivity contribution in [1.29, 1.82) is 0 Å². The first-order chi connectivity index (χ1) is 26.4. The van der Waals surface area contributed by atoms with Crippen molar-refractivity contribution >= 4 is 117 Å². The van der Waals surface area contributed by atoms with Crippen LogP contribution < -0.4 is 0 Å². The Morgan fingerprint density at radius 1 is 0.435 bits per heavy atom. The van der Waals surface area contributed by atoms with Crippen molar-refractivity contribution in [3.05, 3.63) is 48.1 Å². The van der Waals surface area contributed by atoms with Crippen LogP contribution in [0.2, 0.25) is 0 Å². The van der Waals surface area contributed by atoms with E-state index in [1.807, 2.05) is 0 Å². The molecule has 0 bridgehead atoms. The first kappa shape index (κ1) is 65.7. The first-order valence-electron chi connectivity index (χ1n) is 16.8. The van der Waals surface area contributed by atoms with Crippen molar-refractivity contribution < 1.29 is 50.6 Å². The minimum Gasteiger partial charge on any atom is -0.480 e. The van der Waals surface area contributed by atoms with Crippen molar-refractivity contribution in [3.63, 3.8) is 0 Å². The summed E-state index contributed by atoms with van der Waals surface area (Å²) in [4.78, 5) is 81.4. The third-order valence-corrected chi connectivity index (χ3v) is 12.9. The molecule has 30 heteroatoms. The predicted octanol–water partition coefficient (Wildman–Crippen LogP) is 2.13. The van der Waals surface area contributed by atoms with Crippen molar-refractivity contribution in [3.8, 4) is 0 Å². The normalized spacial score (nSPS) is 12.5. The Kier molecular flexibility index (Phi) is 33.7. The lowest BCUT2D eigenvalue weighted by atomic mass is 10.1. The summed E-state index contributed by atoms with van der Waals surface area (Å²) in [5, 5.41) is 40.2. The Morgan fingerprint density at radius 3 is 0.726 bits per heavy atom. The summed E-state index contributed by atoms with van der Waals surface area (Å²) in [6, 6.07) is -2.66. The third kappa shape index (κ3) is 19.8. The molecular weight excluding hydrogens is 983 g/mol. The number of carbonyl (C=O) groups is 4. The van der Waals surface area contributed by atoms with E-state index < -0.39 is 48.0 Å². The van der Waals surface area contributed by atoms with Gasteiger partial charge in [-0.2, -0.15) is 0 Å². The van der Waals surface area contributed by atoms with Crippen molar-refractivity contribution in [1.82, 2.24) is 59.5 Å². The van der Waals surface area contributed by atoms with E-state index in [4.69, 9.17) is 0 Å². The Labute approximate surface area is 398 Å². The van der Waals surface area contributed by atoms with Gasteiger partial charge in [0.1, 0.15) is 44.3 Å². The standard InChI is InChI=1S/2C16H24N6O4S2.4ClH.2H2O/c2*1-21(2)11(15(23)24)5-9-13(19-7-17-9)27-28-14-10(18-8-20-14)6-12(16(25)26)22(3)4;;;;;;/h2*7-8,11-12H,5-6H2,1-4H3,(H,17,19)(H,18,20)(H,23,24)(H,25,26);4*1H;2*1H2/t2*11-,12-;;;;;;/m00....../s1. The van der Waals surface area contributed by atoms with Gasteiger partial charge >= 0.3 is 23.9 Å². The smallest absolute Gasteiger partial charge is 0.321 e. The lowest BCUT2D eigenvalue weighted by molar-refractivity contribution is -0.143. The largest absolute Gasteiger partial charge is 0.480 e. The van der Waals surface area contributed by atoms with Crippen LogP contribution in [-0.2, 0) is 44.9 Å². The second kappa shape index (κ2) is 31.8. The molecule has 4 aromatic heterocycles. The summed E-state index contributed by atoms with van der Waals surface area (Å²) < 4.78 is 0. The van der Waals surface area contributed by atoms with E-state index in [2.05, 4.69) is 39.9 Å². The van der Waals surface area contributed by atoms with Crippen LogP contribution >= 0.6 is 92.8 Å². The quantitative estimate of drug-likeness (QED) is 0.0523. The minimum atomic E-state index is -0.902. The molecule has 62 heavy (non-hydrogen) atoms. The first-order valence-corrected chi connectivity index (χ1v) is 21.1. The summed E-state index contributed by atoms with van der Waals surface area (Å²) in [7, 11) is 19.2. The Hall–Kier alpha value is -2.96. The number of hydrogen-bond acceptors (Lipinski definition) is 16. The third-order valence-electron chi connectivity index (χ3n) is 8.34. The number of H-pyrrole nitrogens is 4. The molecule has 0 unspecified atom stereocenters. The van der Waals surface area contributed by atoms with Gasteiger partial charge in [-0.1, -0.05) is 0 Å². The molecule has 22 nitrogen and oxygen atoms in total. The fourth-order valence-corrected chi connectivity index (χ4v) is 9.34. The van der Waals surface area contributed by atoms with E-state index in [9.17, 15) is 39.6 Å². The van der Waals surface area contributed by atoms with Gasteiger partial charge in [0.2, 0.25) is 0 Å². The van der Waals surface area contributed by atoms with Crippen LogP contribution in [0.3, 0.4) is 0 Å². The number of aromatic nitrogens is 8. The van der Waals surface area contributed by atoms with Crippen LogP contribution in [0.5, 0.6) is 0 Å². The second-order valence-electron chi connectivity index (χ2n) is 13.2.